The molecule has 0 radical (unpaired) electrons. The number of carbonyl (C=O) groups is 1. The highest BCUT2D eigenvalue weighted by atomic mass is 32.2. The zero-order valence-corrected chi connectivity index (χ0v) is 18.9. The molecule has 3 rings (SSSR count). The van der Waals surface area contributed by atoms with E-state index in [1.165, 1.54) is 24.7 Å². The van der Waals surface area contributed by atoms with E-state index in [-0.39, 0.29) is 16.8 Å². The van der Waals surface area contributed by atoms with E-state index in [2.05, 4.69) is 17.1 Å². The van der Waals surface area contributed by atoms with Crippen LogP contribution in [0.5, 0.6) is 0 Å². The fourth-order valence-corrected chi connectivity index (χ4v) is 4.69. The van der Waals surface area contributed by atoms with Gasteiger partial charge in [-0.1, -0.05) is 38.1 Å². The quantitative estimate of drug-likeness (QED) is 0.718. The van der Waals surface area contributed by atoms with Crippen LogP contribution in [0.25, 0.3) is 0 Å². The summed E-state index contributed by atoms with van der Waals surface area (Å²) in [7, 11) is -3.23. The average Bonchev–Trinajstić information content (AvgIpc) is 2.72. The second kappa shape index (κ2) is 9.75. The van der Waals surface area contributed by atoms with Crippen molar-refractivity contribution in [3.05, 3.63) is 65.2 Å². The molecule has 2 aromatic carbocycles. The summed E-state index contributed by atoms with van der Waals surface area (Å²) in [5.41, 5.74) is 2.76. The summed E-state index contributed by atoms with van der Waals surface area (Å²) in [5, 5.41) is 3.07. The molecule has 0 aliphatic carbocycles. The zero-order chi connectivity index (χ0) is 21.7. The number of hydrogen-bond acceptors (Lipinski definition) is 4. The Labute approximate surface area is 180 Å². The molecule has 1 aliphatic rings. The number of nitrogens with one attached hydrogen (secondary N) is 1. The van der Waals surface area contributed by atoms with E-state index in [1.54, 1.807) is 24.3 Å². The fraction of sp³-hybridized carbons (Fsp3) is 0.458. The molecule has 1 N–H and O–H groups in total. The number of carbonyl (C=O) groups excluding carboxylic acids is 1. The molecule has 1 aliphatic heterocycles. The molecule has 1 saturated heterocycles. The average molecular weight is 429 g/mol. The third kappa shape index (κ3) is 5.92. The highest BCUT2D eigenvalue weighted by Crippen LogP contribution is 2.21. The second-order valence-electron chi connectivity index (χ2n) is 8.45. The Balaban J connectivity index is 1.62. The van der Waals surface area contributed by atoms with E-state index >= 15 is 0 Å². The van der Waals surface area contributed by atoms with Gasteiger partial charge in [-0.25, -0.2) is 8.42 Å². The van der Waals surface area contributed by atoms with Gasteiger partial charge in [-0.3, -0.25) is 9.69 Å². The van der Waals surface area contributed by atoms with Gasteiger partial charge in [0.05, 0.1) is 10.9 Å². The van der Waals surface area contributed by atoms with Gasteiger partial charge in [0.25, 0.3) is 5.91 Å². The molecule has 5 nitrogen and oxygen atoms in total. The van der Waals surface area contributed by atoms with Crippen molar-refractivity contribution in [3.63, 3.8) is 0 Å². The fourth-order valence-electron chi connectivity index (χ4n) is 4.06. The van der Waals surface area contributed by atoms with E-state index < -0.39 is 9.84 Å². The predicted molar refractivity (Wildman–Crippen MR) is 120 cm³/mol. The molecule has 162 valence electrons. The number of amides is 1. The second-order valence-corrected chi connectivity index (χ2v) is 10.5. The Morgan fingerprint density at radius 1 is 1.13 bits per heavy atom. The van der Waals surface area contributed by atoms with Crippen molar-refractivity contribution in [1.29, 1.82) is 0 Å². The van der Waals surface area contributed by atoms with Crippen LogP contribution in [0.4, 0.5) is 0 Å². The largest absolute Gasteiger partial charge is 0.345 e. The first-order chi connectivity index (χ1) is 14.3. The van der Waals surface area contributed by atoms with Crippen LogP contribution in [-0.4, -0.2) is 38.6 Å². The Morgan fingerprint density at radius 2 is 1.80 bits per heavy atom. The van der Waals surface area contributed by atoms with E-state index in [0.717, 1.165) is 37.5 Å². The Morgan fingerprint density at radius 3 is 2.37 bits per heavy atom. The van der Waals surface area contributed by atoms with Gasteiger partial charge < -0.3 is 5.32 Å². The molecular weight excluding hydrogens is 396 g/mol. The third-order valence-corrected chi connectivity index (χ3v) is 6.92. The number of piperidine rings is 1. The summed E-state index contributed by atoms with van der Waals surface area (Å²) < 4.78 is 23.3. The number of benzene rings is 2. The lowest BCUT2D eigenvalue weighted by Gasteiger charge is -2.30. The van der Waals surface area contributed by atoms with E-state index in [1.807, 2.05) is 31.2 Å². The van der Waals surface area contributed by atoms with Crippen LogP contribution in [0.2, 0.25) is 0 Å². The molecule has 1 fully saturated rings. The molecule has 2 atom stereocenters. The number of sulfone groups is 1. The van der Waals surface area contributed by atoms with Gasteiger partial charge in [-0.2, -0.15) is 0 Å². The number of nitrogens with zero attached hydrogens (tertiary/aromatic N) is 1. The third-order valence-electron chi connectivity index (χ3n) is 5.79. The molecule has 1 heterocycles. The van der Waals surface area contributed by atoms with Gasteiger partial charge >= 0.3 is 0 Å². The first-order valence-corrected chi connectivity index (χ1v) is 12.6. The summed E-state index contributed by atoms with van der Waals surface area (Å²) in [6.07, 6.45) is 4.47. The predicted octanol–water partition coefficient (Wildman–Crippen LogP) is 4.20. The molecule has 30 heavy (non-hydrogen) atoms. The van der Waals surface area contributed by atoms with Gasteiger partial charge in [0.1, 0.15) is 0 Å². The molecule has 0 unspecified atom stereocenters. The van der Waals surface area contributed by atoms with Crippen LogP contribution in [-0.2, 0) is 16.4 Å². The van der Waals surface area contributed by atoms with Crippen LogP contribution in [0.1, 0.15) is 60.6 Å². The van der Waals surface area contributed by atoms with Gasteiger partial charge in [-0.05, 0) is 67.1 Å². The first-order valence-electron chi connectivity index (χ1n) is 10.7. The van der Waals surface area contributed by atoms with E-state index in [0.29, 0.717) is 5.56 Å². The standard InChI is InChI=1S/C24H32N2O3S/c1-4-23(20-11-13-22(14-12-20)30(3,28)29)25-24(27)21-9-7-19(8-10-21)17-26-15-5-6-18(2)16-26/h7-14,18,23H,4-6,15-17H2,1-3H3,(H,25,27)/t18-,23+/m1/s1. The normalized spacial score (nSPS) is 18.7. The van der Waals surface area contributed by atoms with Crippen molar-refractivity contribution < 1.29 is 13.2 Å². The Bertz CT molecular complexity index is 953. The molecule has 1 amide bonds. The van der Waals surface area contributed by atoms with Crippen LogP contribution >= 0.6 is 0 Å². The minimum Gasteiger partial charge on any atom is -0.345 e. The van der Waals surface area contributed by atoms with E-state index in [4.69, 9.17) is 0 Å². The lowest BCUT2D eigenvalue weighted by Crippen LogP contribution is -2.33. The van der Waals surface area contributed by atoms with Crippen molar-refractivity contribution in [2.75, 3.05) is 19.3 Å². The monoisotopic (exact) mass is 428 g/mol. The molecular formula is C24H32N2O3S. The van der Waals surface area contributed by atoms with Crippen molar-refractivity contribution >= 4 is 15.7 Å². The highest BCUT2D eigenvalue weighted by Gasteiger charge is 2.18. The summed E-state index contributed by atoms with van der Waals surface area (Å²) in [6.45, 7) is 7.51. The van der Waals surface area contributed by atoms with Crippen LogP contribution in [0, 0.1) is 5.92 Å². The van der Waals surface area contributed by atoms with Crippen molar-refractivity contribution in [2.24, 2.45) is 5.92 Å². The summed E-state index contributed by atoms with van der Waals surface area (Å²) in [4.78, 5) is 15.5. The smallest absolute Gasteiger partial charge is 0.251 e. The van der Waals surface area contributed by atoms with Gasteiger partial charge in [-0.15, -0.1) is 0 Å². The van der Waals surface area contributed by atoms with Crippen molar-refractivity contribution in [2.45, 2.75) is 50.6 Å². The molecule has 6 heteroatoms. The number of likely N-dealkylation sites (tertiary alicyclic amines) is 1. The van der Waals surface area contributed by atoms with Crippen molar-refractivity contribution in [3.8, 4) is 0 Å². The SMILES string of the molecule is CC[C@H](NC(=O)c1ccc(CN2CCC[C@@H](C)C2)cc1)c1ccc(S(C)(=O)=O)cc1. The molecule has 0 spiro atoms. The Hall–Kier alpha value is -2.18. The maximum absolute atomic E-state index is 12.7. The van der Waals surface area contributed by atoms with Crippen LogP contribution in [0.15, 0.2) is 53.4 Å². The lowest BCUT2D eigenvalue weighted by molar-refractivity contribution is 0.0935. The summed E-state index contributed by atoms with van der Waals surface area (Å²) in [6, 6.07) is 14.4. The molecule has 0 saturated carbocycles. The minimum atomic E-state index is -3.23. The highest BCUT2D eigenvalue weighted by molar-refractivity contribution is 7.90. The number of hydrogen-bond donors (Lipinski definition) is 1. The van der Waals surface area contributed by atoms with Crippen LogP contribution < -0.4 is 5.32 Å². The lowest BCUT2D eigenvalue weighted by atomic mass is 9.99. The molecule has 2 aromatic rings. The topological polar surface area (TPSA) is 66.5 Å². The van der Waals surface area contributed by atoms with E-state index in [9.17, 15) is 13.2 Å². The molecule has 0 aromatic heterocycles. The first kappa shape index (κ1) is 22.5. The summed E-state index contributed by atoms with van der Waals surface area (Å²) >= 11 is 0. The maximum Gasteiger partial charge on any atom is 0.251 e. The maximum atomic E-state index is 12.7. The number of rotatable bonds is 7. The summed E-state index contributed by atoms with van der Waals surface area (Å²) in [5.74, 6) is 0.633. The molecule has 0 bridgehead atoms. The van der Waals surface area contributed by atoms with Crippen molar-refractivity contribution in [1.82, 2.24) is 10.2 Å². The van der Waals surface area contributed by atoms with Crippen LogP contribution in [0.3, 0.4) is 0 Å². The van der Waals surface area contributed by atoms with Gasteiger partial charge in [0.2, 0.25) is 0 Å². The minimum absolute atomic E-state index is 0.118. The van der Waals surface area contributed by atoms with Gasteiger partial charge in [0, 0.05) is 24.9 Å². The van der Waals surface area contributed by atoms with Gasteiger partial charge in [0.15, 0.2) is 9.84 Å². The zero-order valence-electron chi connectivity index (χ0n) is 18.1. The Kier molecular flexibility index (Phi) is 7.32.